The Bertz CT molecular complexity index is 1430. The minimum absolute atomic E-state index is 0.0107. The number of pyridine rings is 1. The van der Waals surface area contributed by atoms with E-state index in [9.17, 15) is 14.4 Å². The van der Waals surface area contributed by atoms with E-state index in [1.165, 1.54) is 0 Å². The summed E-state index contributed by atoms with van der Waals surface area (Å²) in [5.41, 5.74) is 9.05. The number of nitrogens with zero attached hydrogens (tertiary/aromatic N) is 3. The van der Waals surface area contributed by atoms with Crippen LogP contribution in [0.4, 0.5) is 5.82 Å². The summed E-state index contributed by atoms with van der Waals surface area (Å²) in [6.45, 7) is 6.42. The van der Waals surface area contributed by atoms with Crippen LogP contribution < -0.4 is 21.7 Å². The summed E-state index contributed by atoms with van der Waals surface area (Å²) in [7, 11) is 1.81. The van der Waals surface area contributed by atoms with Gasteiger partial charge in [0.1, 0.15) is 22.9 Å². The summed E-state index contributed by atoms with van der Waals surface area (Å²) in [6, 6.07) is 8.01. The maximum Gasteiger partial charge on any atom is 0.223 e. The number of unbranched alkanes of at least 4 members (excludes halogenated alkanes) is 3. The molecule has 1 unspecified atom stereocenters. The molecular formula is C35H53N7O3. The van der Waals surface area contributed by atoms with E-state index < -0.39 is 0 Å². The summed E-state index contributed by atoms with van der Waals surface area (Å²) in [6.07, 6.45) is 10.6. The minimum Gasteiger partial charge on any atom is -0.382 e. The Kier molecular flexibility index (Phi) is 13.3. The molecule has 4 rings (SSSR count). The van der Waals surface area contributed by atoms with Crippen molar-refractivity contribution in [3.63, 3.8) is 0 Å². The van der Waals surface area contributed by atoms with Crippen LogP contribution in [0.3, 0.4) is 0 Å². The first-order chi connectivity index (χ1) is 21.8. The molecule has 0 bridgehead atoms. The van der Waals surface area contributed by atoms with E-state index in [4.69, 9.17) is 10.7 Å². The molecular weight excluding hydrogens is 566 g/mol. The SMILES string of the molecule is CCCCc1nc2c(N)nc3ccccc3c2n1CCCCNC(=O)C1CCC(C(=O)CNCCCCC(NC)C(C)=O)CC1. The van der Waals surface area contributed by atoms with Crippen molar-refractivity contribution in [3.8, 4) is 0 Å². The van der Waals surface area contributed by atoms with Crippen LogP contribution in [0.5, 0.6) is 0 Å². The first-order valence-corrected chi connectivity index (χ1v) is 17.1. The molecule has 1 aliphatic carbocycles. The molecule has 0 radical (unpaired) electrons. The maximum absolute atomic E-state index is 12.9. The first-order valence-electron chi connectivity index (χ1n) is 17.1. The van der Waals surface area contributed by atoms with E-state index in [0.717, 1.165) is 118 Å². The van der Waals surface area contributed by atoms with Crippen molar-refractivity contribution in [1.82, 2.24) is 30.5 Å². The number of para-hydroxylation sites is 1. The number of imidazole rings is 1. The van der Waals surface area contributed by atoms with Crippen LogP contribution in [0.25, 0.3) is 21.9 Å². The van der Waals surface area contributed by atoms with Crippen molar-refractivity contribution < 1.29 is 14.4 Å². The third kappa shape index (κ3) is 9.33. The van der Waals surface area contributed by atoms with Gasteiger partial charge < -0.3 is 26.3 Å². The molecule has 1 amide bonds. The van der Waals surface area contributed by atoms with Crippen LogP contribution in [-0.2, 0) is 27.3 Å². The number of likely N-dealkylation sites (N-methyl/N-ethyl adjacent to an activating group) is 1. The molecule has 45 heavy (non-hydrogen) atoms. The highest BCUT2D eigenvalue weighted by atomic mass is 16.2. The summed E-state index contributed by atoms with van der Waals surface area (Å²) < 4.78 is 2.31. The van der Waals surface area contributed by atoms with E-state index in [0.29, 0.717) is 18.9 Å². The van der Waals surface area contributed by atoms with Crippen LogP contribution in [0.1, 0.15) is 90.3 Å². The van der Waals surface area contributed by atoms with Gasteiger partial charge in [0.2, 0.25) is 5.91 Å². The van der Waals surface area contributed by atoms with Gasteiger partial charge in [-0.2, -0.15) is 0 Å². The smallest absolute Gasteiger partial charge is 0.223 e. The van der Waals surface area contributed by atoms with Crippen molar-refractivity contribution in [2.45, 2.75) is 103 Å². The van der Waals surface area contributed by atoms with Crippen LogP contribution in [0.2, 0.25) is 0 Å². The van der Waals surface area contributed by atoms with Crippen LogP contribution in [0, 0.1) is 11.8 Å². The number of nitrogens with one attached hydrogen (secondary N) is 3. The van der Waals surface area contributed by atoms with E-state index in [2.05, 4.69) is 38.5 Å². The van der Waals surface area contributed by atoms with E-state index in [-0.39, 0.29) is 35.4 Å². The largest absolute Gasteiger partial charge is 0.382 e. The number of amides is 1. The van der Waals surface area contributed by atoms with Gasteiger partial charge in [0, 0.05) is 36.7 Å². The third-order valence-corrected chi connectivity index (χ3v) is 9.34. The summed E-state index contributed by atoms with van der Waals surface area (Å²) in [4.78, 5) is 46.6. The Hall–Kier alpha value is -3.37. The number of Topliss-reactive ketones (excluding diaryl/α,β-unsaturated/α-hetero) is 2. The zero-order valence-electron chi connectivity index (χ0n) is 27.5. The average molecular weight is 620 g/mol. The van der Waals surface area contributed by atoms with Gasteiger partial charge in [0.15, 0.2) is 5.82 Å². The van der Waals surface area contributed by atoms with Crippen LogP contribution >= 0.6 is 0 Å². The fourth-order valence-electron chi connectivity index (χ4n) is 6.61. The molecule has 10 heteroatoms. The fraction of sp³-hybridized carbons (Fsp3) is 0.629. The second kappa shape index (κ2) is 17.4. The standard InChI is InChI=1S/C35H53N7O3/c1-4-5-15-31-41-32-33(27-12-6-7-14-29(27)40-34(32)36)42(31)22-11-10-21-39-35(45)26-18-16-25(17-19-26)30(44)23-38-20-9-8-13-28(37-3)24(2)43/h6-7,12,14,25-26,28,37-38H,4-5,8-11,13,15-23H2,1-3H3,(H2,36,40)(H,39,45). The highest BCUT2D eigenvalue weighted by Crippen LogP contribution is 2.31. The number of aromatic nitrogens is 3. The summed E-state index contributed by atoms with van der Waals surface area (Å²) >= 11 is 0. The Morgan fingerprint density at radius 3 is 2.44 bits per heavy atom. The zero-order valence-corrected chi connectivity index (χ0v) is 27.5. The Morgan fingerprint density at radius 2 is 1.71 bits per heavy atom. The number of ketones is 2. The zero-order chi connectivity index (χ0) is 32.2. The molecule has 1 fully saturated rings. The van der Waals surface area contributed by atoms with Gasteiger partial charge in [0.25, 0.3) is 0 Å². The number of anilines is 1. The van der Waals surface area contributed by atoms with Gasteiger partial charge >= 0.3 is 0 Å². The van der Waals surface area contributed by atoms with Crippen molar-refractivity contribution in [1.29, 1.82) is 0 Å². The highest BCUT2D eigenvalue weighted by molar-refractivity contribution is 6.06. The molecule has 2 heterocycles. The number of carbonyl (C=O) groups excluding carboxylic acids is 3. The molecule has 5 N–H and O–H groups in total. The second-order valence-electron chi connectivity index (χ2n) is 12.6. The second-order valence-corrected chi connectivity index (χ2v) is 12.6. The van der Waals surface area contributed by atoms with E-state index >= 15 is 0 Å². The number of benzene rings is 1. The van der Waals surface area contributed by atoms with Crippen molar-refractivity contribution in [2.24, 2.45) is 11.8 Å². The average Bonchev–Trinajstić information content (AvgIpc) is 3.42. The number of hydrogen-bond donors (Lipinski definition) is 4. The lowest BCUT2D eigenvalue weighted by molar-refractivity contribution is -0.129. The van der Waals surface area contributed by atoms with Crippen molar-refractivity contribution in [3.05, 3.63) is 30.1 Å². The molecule has 1 aromatic carbocycles. The Morgan fingerprint density at radius 1 is 0.978 bits per heavy atom. The molecule has 1 atom stereocenters. The van der Waals surface area contributed by atoms with Crippen LogP contribution in [-0.4, -0.2) is 64.7 Å². The number of rotatable bonds is 19. The lowest BCUT2D eigenvalue weighted by Crippen LogP contribution is -2.36. The molecule has 1 saturated carbocycles. The minimum atomic E-state index is -0.0787. The number of nitrogen functional groups attached to an aromatic ring is 1. The summed E-state index contributed by atoms with van der Waals surface area (Å²) in [5, 5.41) is 10.5. The maximum atomic E-state index is 12.9. The van der Waals surface area contributed by atoms with Gasteiger partial charge in [-0.05, 0) is 84.4 Å². The van der Waals surface area contributed by atoms with Crippen molar-refractivity contribution in [2.75, 3.05) is 32.4 Å². The number of nitrogens with two attached hydrogens (primary N) is 1. The molecule has 0 aliphatic heterocycles. The topological polar surface area (TPSA) is 144 Å². The molecule has 1 aliphatic rings. The molecule has 3 aromatic rings. The highest BCUT2D eigenvalue weighted by Gasteiger charge is 2.29. The lowest BCUT2D eigenvalue weighted by Gasteiger charge is -2.27. The van der Waals surface area contributed by atoms with Gasteiger partial charge in [-0.15, -0.1) is 0 Å². The fourth-order valence-corrected chi connectivity index (χ4v) is 6.61. The lowest BCUT2D eigenvalue weighted by atomic mass is 9.79. The Balaban J connectivity index is 1.17. The first kappa shape index (κ1) is 34.5. The Labute approximate surface area is 267 Å². The summed E-state index contributed by atoms with van der Waals surface area (Å²) in [5.74, 6) is 2.09. The predicted octanol–water partition coefficient (Wildman–Crippen LogP) is 4.72. The molecule has 0 saturated heterocycles. The predicted molar refractivity (Wildman–Crippen MR) is 181 cm³/mol. The van der Waals surface area contributed by atoms with E-state index in [1.54, 1.807) is 6.92 Å². The molecule has 2 aromatic heterocycles. The van der Waals surface area contributed by atoms with Gasteiger partial charge in [-0.3, -0.25) is 14.4 Å². The molecule has 246 valence electrons. The van der Waals surface area contributed by atoms with Gasteiger partial charge in [-0.1, -0.05) is 38.0 Å². The van der Waals surface area contributed by atoms with Gasteiger partial charge in [-0.25, -0.2) is 9.97 Å². The third-order valence-electron chi connectivity index (χ3n) is 9.34. The van der Waals surface area contributed by atoms with Crippen LogP contribution in [0.15, 0.2) is 24.3 Å². The number of fused-ring (bicyclic) bond motifs is 3. The van der Waals surface area contributed by atoms with Gasteiger partial charge in [0.05, 0.1) is 23.6 Å². The number of hydrogen-bond acceptors (Lipinski definition) is 8. The normalized spacial score (nSPS) is 17.5. The monoisotopic (exact) mass is 619 g/mol. The molecule has 10 nitrogen and oxygen atoms in total. The quantitative estimate of drug-likeness (QED) is 0.141. The molecule has 0 spiro atoms. The van der Waals surface area contributed by atoms with E-state index in [1.807, 2.05) is 25.2 Å². The van der Waals surface area contributed by atoms with Crippen molar-refractivity contribution >= 4 is 45.2 Å². The number of aryl methyl sites for hydroxylation is 2. The number of carbonyl (C=O) groups is 3.